The molecule has 0 bridgehead atoms. The Hall–Kier alpha value is -2.93. The molecule has 5 heterocycles. The lowest BCUT2D eigenvalue weighted by Gasteiger charge is -2.48. The van der Waals surface area contributed by atoms with Crippen LogP contribution in [0, 0.1) is 0 Å². The molecule has 0 unspecified atom stereocenters. The first-order valence-corrected chi connectivity index (χ1v) is 9.41. The third kappa shape index (κ3) is 3.04. The van der Waals surface area contributed by atoms with E-state index in [9.17, 15) is 4.79 Å². The van der Waals surface area contributed by atoms with Crippen LogP contribution in [-0.4, -0.2) is 64.6 Å². The Morgan fingerprint density at radius 2 is 1.70 bits per heavy atom. The molecule has 2 aliphatic heterocycles. The van der Waals surface area contributed by atoms with Gasteiger partial charge in [0.25, 0.3) is 5.56 Å². The number of piperazine rings is 1. The second kappa shape index (κ2) is 6.66. The maximum absolute atomic E-state index is 12.3. The summed E-state index contributed by atoms with van der Waals surface area (Å²) in [6.07, 6.45) is 3.61. The third-order valence-electron chi connectivity index (χ3n) is 5.55. The predicted octanol–water partition coefficient (Wildman–Crippen LogP) is 1.10. The highest BCUT2D eigenvalue weighted by Crippen LogP contribution is 2.23. The summed E-state index contributed by atoms with van der Waals surface area (Å²) in [5.41, 5.74) is 0.676. The zero-order valence-corrected chi connectivity index (χ0v) is 15.1. The minimum absolute atomic E-state index is 0.0250. The first-order chi connectivity index (χ1) is 13.3. The van der Waals surface area contributed by atoms with Crippen molar-refractivity contribution in [3.8, 4) is 0 Å². The van der Waals surface area contributed by atoms with E-state index in [2.05, 4.69) is 30.7 Å². The minimum Gasteiger partial charge on any atom is -0.354 e. The van der Waals surface area contributed by atoms with Gasteiger partial charge < -0.3 is 9.80 Å². The van der Waals surface area contributed by atoms with E-state index in [0.29, 0.717) is 11.7 Å². The summed E-state index contributed by atoms with van der Waals surface area (Å²) >= 11 is 0. The summed E-state index contributed by atoms with van der Waals surface area (Å²) in [6.45, 7) is 5.95. The molecule has 0 spiro atoms. The quantitative estimate of drug-likeness (QED) is 0.696. The molecule has 7 nitrogen and oxygen atoms in total. The summed E-state index contributed by atoms with van der Waals surface area (Å²) in [5.74, 6) is 1.85. The topological polar surface area (TPSA) is 57.0 Å². The van der Waals surface area contributed by atoms with Gasteiger partial charge in [0.2, 0.25) is 0 Å². The maximum Gasteiger partial charge on any atom is 0.259 e. The van der Waals surface area contributed by atoms with Crippen molar-refractivity contribution in [2.75, 3.05) is 49.1 Å². The lowest BCUT2D eigenvalue weighted by atomic mass is 10.1. The average molecular weight is 362 g/mol. The van der Waals surface area contributed by atoms with E-state index < -0.39 is 0 Å². The fourth-order valence-corrected chi connectivity index (χ4v) is 3.93. The van der Waals surface area contributed by atoms with E-state index in [0.717, 1.165) is 50.9 Å². The van der Waals surface area contributed by atoms with Gasteiger partial charge in [-0.1, -0.05) is 12.1 Å². The van der Waals surface area contributed by atoms with Crippen molar-refractivity contribution in [2.24, 2.45) is 0 Å². The molecule has 0 aliphatic carbocycles. The number of pyridine rings is 2. The Morgan fingerprint density at radius 1 is 0.889 bits per heavy atom. The van der Waals surface area contributed by atoms with Gasteiger partial charge in [-0.2, -0.15) is 0 Å². The Kier molecular flexibility index (Phi) is 4.01. The predicted molar refractivity (Wildman–Crippen MR) is 105 cm³/mol. The molecular formula is C20H22N6O. The van der Waals surface area contributed by atoms with Gasteiger partial charge >= 0.3 is 0 Å². The number of aromatic nitrogens is 3. The minimum atomic E-state index is -0.0250. The van der Waals surface area contributed by atoms with Crippen molar-refractivity contribution in [1.82, 2.24) is 19.3 Å². The van der Waals surface area contributed by atoms with Crippen LogP contribution < -0.4 is 15.4 Å². The second-order valence-electron chi connectivity index (χ2n) is 7.15. The standard InChI is InChI=1S/C20H22N6O/c27-20-13-19(22-18-6-2-4-8-26(18)20)25-14-16(15-25)23-9-11-24(12-10-23)17-5-1-3-7-21-17/h1-8,13,16H,9-12,14-15H2. The summed E-state index contributed by atoms with van der Waals surface area (Å²) in [5, 5.41) is 0. The number of hydrogen-bond donors (Lipinski definition) is 0. The molecule has 0 amide bonds. The van der Waals surface area contributed by atoms with Crippen molar-refractivity contribution < 1.29 is 0 Å². The van der Waals surface area contributed by atoms with Gasteiger partial charge in [-0.3, -0.25) is 14.1 Å². The molecule has 2 aliphatic rings. The van der Waals surface area contributed by atoms with Gasteiger partial charge in [0.1, 0.15) is 17.3 Å². The number of anilines is 2. The number of fused-ring (bicyclic) bond motifs is 1. The monoisotopic (exact) mass is 362 g/mol. The smallest absolute Gasteiger partial charge is 0.259 e. The highest BCUT2D eigenvalue weighted by Gasteiger charge is 2.34. The Balaban J connectivity index is 1.21. The van der Waals surface area contributed by atoms with Crippen LogP contribution in [0.2, 0.25) is 0 Å². The molecule has 5 rings (SSSR count). The van der Waals surface area contributed by atoms with E-state index in [1.54, 1.807) is 16.7 Å². The molecule has 138 valence electrons. The van der Waals surface area contributed by atoms with Crippen LogP contribution in [0.15, 0.2) is 59.7 Å². The summed E-state index contributed by atoms with van der Waals surface area (Å²) in [4.78, 5) is 28.5. The van der Waals surface area contributed by atoms with Gasteiger partial charge in [-0.15, -0.1) is 0 Å². The lowest BCUT2D eigenvalue weighted by molar-refractivity contribution is 0.156. The van der Waals surface area contributed by atoms with Gasteiger partial charge in [0.15, 0.2) is 0 Å². The van der Waals surface area contributed by atoms with Crippen molar-refractivity contribution in [3.05, 3.63) is 65.2 Å². The maximum atomic E-state index is 12.3. The van der Waals surface area contributed by atoms with Crippen LogP contribution in [0.5, 0.6) is 0 Å². The first-order valence-electron chi connectivity index (χ1n) is 9.41. The van der Waals surface area contributed by atoms with E-state index in [1.165, 1.54) is 0 Å². The van der Waals surface area contributed by atoms with Gasteiger partial charge in [-0.05, 0) is 24.3 Å². The zero-order valence-electron chi connectivity index (χ0n) is 15.1. The van der Waals surface area contributed by atoms with E-state index in [4.69, 9.17) is 0 Å². The number of rotatable bonds is 3. The van der Waals surface area contributed by atoms with Crippen LogP contribution in [0.4, 0.5) is 11.6 Å². The van der Waals surface area contributed by atoms with Gasteiger partial charge in [0, 0.05) is 63.8 Å². The van der Waals surface area contributed by atoms with E-state index in [1.807, 2.05) is 36.5 Å². The van der Waals surface area contributed by atoms with Crippen molar-refractivity contribution in [2.45, 2.75) is 6.04 Å². The number of hydrogen-bond acceptors (Lipinski definition) is 6. The number of nitrogens with zero attached hydrogens (tertiary/aromatic N) is 6. The largest absolute Gasteiger partial charge is 0.354 e. The second-order valence-corrected chi connectivity index (χ2v) is 7.15. The first kappa shape index (κ1) is 16.3. The molecule has 0 aromatic carbocycles. The van der Waals surface area contributed by atoms with Crippen molar-refractivity contribution >= 4 is 17.3 Å². The molecule has 0 radical (unpaired) electrons. The molecule has 27 heavy (non-hydrogen) atoms. The van der Waals surface area contributed by atoms with E-state index in [-0.39, 0.29) is 5.56 Å². The average Bonchev–Trinajstić information content (AvgIpc) is 2.68. The van der Waals surface area contributed by atoms with Crippen molar-refractivity contribution in [1.29, 1.82) is 0 Å². The Morgan fingerprint density at radius 3 is 2.48 bits per heavy atom. The van der Waals surface area contributed by atoms with Crippen LogP contribution in [-0.2, 0) is 0 Å². The summed E-state index contributed by atoms with van der Waals surface area (Å²) in [6, 6.07) is 13.9. The molecule has 0 N–H and O–H groups in total. The van der Waals surface area contributed by atoms with Gasteiger partial charge in [-0.25, -0.2) is 9.97 Å². The Bertz CT molecular complexity index is 990. The molecule has 3 aromatic rings. The molecule has 0 saturated carbocycles. The molecule has 2 saturated heterocycles. The summed E-state index contributed by atoms with van der Waals surface area (Å²) in [7, 11) is 0. The fourth-order valence-electron chi connectivity index (χ4n) is 3.93. The fraction of sp³-hybridized carbons (Fsp3) is 0.350. The third-order valence-corrected chi connectivity index (χ3v) is 5.55. The lowest BCUT2D eigenvalue weighted by Crippen LogP contribution is -2.63. The molecule has 2 fully saturated rings. The van der Waals surface area contributed by atoms with E-state index >= 15 is 0 Å². The van der Waals surface area contributed by atoms with Crippen LogP contribution in [0.3, 0.4) is 0 Å². The molecule has 0 atom stereocenters. The normalized spacial score (nSPS) is 18.7. The highest BCUT2D eigenvalue weighted by atomic mass is 16.1. The molecule has 7 heteroatoms. The highest BCUT2D eigenvalue weighted by molar-refractivity contribution is 5.50. The molecular weight excluding hydrogens is 340 g/mol. The zero-order chi connectivity index (χ0) is 18.2. The summed E-state index contributed by atoms with van der Waals surface area (Å²) < 4.78 is 1.58. The Labute approximate surface area is 157 Å². The van der Waals surface area contributed by atoms with Gasteiger partial charge in [0.05, 0.1) is 0 Å². The van der Waals surface area contributed by atoms with Crippen molar-refractivity contribution in [3.63, 3.8) is 0 Å². The van der Waals surface area contributed by atoms with Crippen LogP contribution in [0.1, 0.15) is 0 Å². The SMILES string of the molecule is O=c1cc(N2CC(N3CCN(c4ccccn4)CC3)C2)nc2ccccn12. The molecule has 3 aromatic heterocycles. The van der Waals surface area contributed by atoms with Crippen LogP contribution >= 0.6 is 0 Å². The van der Waals surface area contributed by atoms with Crippen LogP contribution in [0.25, 0.3) is 5.65 Å².